The van der Waals surface area contributed by atoms with E-state index in [9.17, 15) is 9.50 Å². The molecule has 1 aromatic rings. The van der Waals surface area contributed by atoms with Gasteiger partial charge in [-0.05, 0) is 50.3 Å². The third-order valence-electron chi connectivity index (χ3n) is 3.61. The Hall–Kier alpha value is -0.890. The van der Waals surface area contributed by atoms with Crippen molar-refractivity contribution in [3.63, 3.8) is 0 Å². The van der Waals surface area contributed by atoms with Crippen LogP contribution in [0, 0.1) is 5.82 Å². The van der Waals surface area contributed by atoms with Crippen molar-refractivity contribution in [2.45, 2.75) is 64.4 Å². The van der Waals surface area contributed by atoms with Crippen LogP contribution in [0.1, 0.15) is 57.9 Å². The van der Waals surface area contributed by atoms with Gasteiger partial charge in [0.2, 0.25) is 0 Å². The summed E-state index contributed by atoms with van der Waals surface area (Å²) in [6.45, 7) is 3.93. The number of aliphatic hydroxyl groups is 1. The van der Waals surface area contributed by atoms with Gasteiger partial charge in [-0.25, -0.2) is 4.39 Å². The van der Waals surface area contributed by atoms with E-state index >= 15 is 0 Å². The van der Waals surface area contributed by atoms with Gasteiger partial charge < -0.3 is 5.11 Å². The lowest BCUT2D eigenvalue weighted by molar-refractivity contribution is 0.0442. The van der Waals surface area contributed by atoms with Crippen molar-refractivity contribution in [2.75, 3.05) is 0 Å². The Morgan fingerprint density at radius 1 is 1.06 bits per heavy atom. The van der Waals surface area contributed by atoms with Gasteiger partial charge in [0.1, 0.15) is 5.82 Å². The summed E-state index contributed by atoms with van der Waals surface area (Å²) in [5, 5.41) is 9.85. The largest absolute Gasteiger partial charge is 0.390 e. The van der Waals surface area contributed by atoms with Crippen molar-refractivity contribution < 1.29 is 9.50 Å². The Kier molecular flexibility index (Phi) is 6.34. The zero-order chi connectivity index (χ0) is 13.4. The van der Waals surface area contributed by atoms with Crippen molar-refractivity contribution >= 4 is 0 Å². The third kappa shape index (κ3) is 6.15. The van der Waals surface area contributed by atoms with Crippen LogP contribution in [0.3, 0.4) is 0 Å². The van der Waals surface area contributed by atoms with Crippen LogP contribution >= 0.6 is 0 Å². The molecule has 0 saturated carbocycles. The standard InChI is InChI=1S/C16H25FO/c1-3-16(2,18)13-7-5-4-6-8-14-9-11-15(17)12-10-14/h9-12,18H,3-8,13H2,1-2H3. The van der Waals surface area contributed by atoms with Gasteiger partial charge in [-0.2, -0.15) is 0 Å². The molecule has 0 saturated heterocycles. The summed E-state index contributed by atoms with van der Waals surface area (Å²) in [5.41, 5.74) is 0.716. The lowest BCUT2D eigenvalue weighted by Crippen LogP contribution is -2.22. The topological polar surface area (TPSA) is 20.2 Å². The molecule has 2 heteroatoms. The number of hydrogen-bond acceptors (Lipinski definition) is 1. The number of aryl methyl sites for hydroxylation is 1. The molecule has 0 bridgehead atoms. The van der Waals surface area contributed by atoms with Crippen molar-refractivity contribution in [3.05, 3.63) is 35.6 Å². The molecule has 0 aliphatic heterocycles. The van der Waals surface area contributed by atoms with Gasteiger partial charge >= 0.3 is 0 Å². The van der Waals surface area contributed by atoms with E-state index in [0.29, 0.717) is 0 Å². The molecular formula is C16H25FO. The van der Waals surface area contributed by atoms with Crippen LogP contribution in [0.25, 0.3) is 0 Å². The zero-order valence-corrected chi connectivity index (χ0v) is 11.6. The third-order valence-corrected chi connectivity index (χ3v) is 3.61. The predicted molar refractivity (Wildman–Crippen MR) is 74.1 cm³/mol. The van der Waals surface area contributed by atoms with E-state index in [1.165, 1.54) is 24.1 Å². The van der Waals surface area contributed by atoms with Gasteiger partial charge in [-0.3, -0.25) is 0 Å². The van der Waals surface area contributed by atoms with Gasteiger partial charge in [0, 0.05) is 0 Å². The number of rotatable bonds is 8. The summed E-state index contributed by atoms with van der Waals surface area (Å²) < 4.78 is 12.7. The average Bonchev–Trinajstić information content (AvgIpc) is 2.36. The lowest BCUT2D eigenvalue weighted by atomic mass is 9.95. The second kappa shape index (κ2) is 7.52. The molecule has 1 nitrogen and oxygen atoms in total. The molecule has 0 spiro atoms. The second-order valence-electron chi connectivity index (χ2n) is 5.39. The Morgan fingerprint density at radius 2 is 1.67 bits per heavy atom. The fourth-order valence-corrected chi connectivity index (χ4v) is 2.02. The molecule has 1 aromatic carbocycles. The highest BCUT2D eigenvalue weighted by Crippen LogP contribution is 2.18. The lowest BCUT2D eigenvalue weighted by Gasteiger charge is -2.20. The Labute approximate surface area is 110 Å². The molecule has 0 heterocycles. The smallest absolute Gasteiger partial charge is 0.123 e. The van der Waals surface area contributed by atoms with Crippen molar-refractivity contribution in [1.82, 2.24) is 0 Å². The maximum Gasteiger partial charge on any atom is 0.123 e. The Bertz CT molecular complexity index is 329. The van der Waals surface area contributed by atoms with Crippen molar-refractivity contribution in [1.29, 1.82) is 0 Å². The van der Waals surface area contributed by atoms with Gasteiger partial charge in [-0.15, -0.1) is 0 Å². The van der Waals surface area contributed by atoms with Crippen LogP contribution in [0.4, 0.5) is 4.39 Å². The number of hydrogen-bond donors (Lipinski definition) is 1. The van der Waals surface area contributed by atoms with E-state index in [2.05, 4.69) is 0 Å². The summed E-state index contributed by atoms with van der Waals surface area (Å²) in [6, 6.07) is 6.76. The second-order valence-corrected chi connectivity index (χ2v) is 5.39. The summed E-state index contributed by atoms with van der Waals surface area (Å²) in [4.78, 5) is 0. The molecule has 1 rings (SSSR count). The molecular weight excluding hydrogens is 227 g/mol. The van der Waals surface area contributed by atoms with Crippen LogP contribution in [0.5, 0.6) is 0 Å². The summed E-state index contributed by atoms with van der Waals surface area (Å²) in [5.74, 6) is -0.166. The van der Waals surface area contributed by atoms with Crippen molar-refractivity contribution in [2.24, 2.45) is 0 Å². The summed E-state index contributed by atoms with van der Waals surface area (Å²) in [6.07, 6.45) is 7.30. The summed E-state index contributed by atoms with van der Waals surface area (Å²) in [7, 11) is 0. The van der Waals surface area contributed by atoms with Crippen LogP contribution < -0.4 is 0 Å². The van der Waals surface area contributed by atoms with E-state index in [0.717, 1.165) is 38.5 Å². The maximum absolute atomic E-state index is 12.7. The maximum atomic E-state index is 12.7. The monoisotopic (exact) mass is 252 g/mol. The van der Waals surface area contributed by atoms with E-state index < -0.39 is 5.60 Å². The highest BCUT2D eigenvalue weighted by molar-refractivity contribution is 5.15. The van der Waals surface area contributed by atoms with Crippen LogP contribution in [-0.4, -0.2) is 10.7 Å². The first-order valence-electron chi connectivity index (χ1n) is 7.00. The molecule has 1 atom stereocenters. The predicted octanol–water partition coefficient (Wildman–Crippen LogP) is 4.48. The van der Waals surface area contributed by atoms with E-state index in [1.807, 2.05) is 26.0 Å². The minimum atomic E-state index is -0.489. The van der Waals surface area contributed by atoms with E-state index in [1.54, 1.807) is 0 Å². The highest BCUT2D eigenvalue weighted by atomic mass is 19.1. The van der Waals surface area contributed by atoms with Gasteiger partial charge in [0.05, 0.1) is 5.60 Å². The first-order chi connectivity index (χ1) is 8.53. The van der Waals surface area contributed by atoms with E-state index in [4.69, 9.17) is 0 Å². The average molecular weight is 252 g/mol. The van der Waals surface area contributed by atoms with Gasteiger partial charge in [0.25, 0.3) is 0 Å². The first kappa shape index (κ1) is 15.2. The molecule has 0 amide bonds. The fourth-order valence-electron chi connectivity index (χ4n) is 2.02. The molecule has 0 aromatic heterocycles. The summed E-state index contributed by atoms with van der Waals surface area (Å²) >= 11 is 0. The molecule has 0 aliphatic carbocycles. The van der Waals surface area contributed by atoms with Gasteiger partial charge in [0.15, 0.2) is 0 Å². The van der Waals surface area contributed by atoms with Gasteiger partial charge in [-0.1, -0.05) is 38.3 Å². The molecule has 0 aliphatic rings. The fraction of sp³-hybridized carbons (Fsp3) is 0.625. The zero-order valence-electron chi connectivity index (χ0n) is 11.6. The van der Waals surface area contributed by atoms with E-state index in [-0.39, 0.29) is 5.82 Å². The molecule has 0 fully saturated rings. The SMILES string of the molecule is CCC(C)(O)CCCCCCc1ccc(F)cc1. The normalized spacial score (nSPS) is 14.4. The minimum Gasteiger partial charge on any atom is -0.390 e. The Morgan fingerprint density at radius 3 is 2.28 bits per heavy atom. The quantitative estimate of drug-likeness (QED) is 0.676. The molecule has 18 heavy (non-hydrogen) atoms. The molecule has 0 radical (unpaired) electrons. The molecule has 102 valence electrons. The molecule has 1 N–H and O–H groups in total. The number of halogens is 1. The Balaban J connectivity index is 2.07. The van der Waals surface area contributed by atoms with Crippen LogP contribution in [-0.2, 0) is 6.42 Å². The molecule has 1 unspecified atom stereocenters. The van der Waals surface area contributed by atoms with Crippen molar-refractivity contribution in [3.8, 4) is 0 Å². The minimum absolute atomic E-state index is 0.166. The van der Waals surface area contributed by atoms with Crippen LogP contribution in [0.15, 0.2) is 24.3 Å². The first-order valence-corrected chi connectivity index (χ1v) is 7.00. The highest BCUT2D eigenvalue weighted by Gasteiger charge is 2.15. The van der Waals surface area contributed by atoms with Crippen LogP contribution in [0.2, 0.25) is 0 Å². The number of unbranched alkanes of at least 4 members (excludes halogenated alkanes) is 3. The number of benzene rings is 1.